The molecule has 4 N–H and O–H groups in total. The Kier molecular flexibility index (Phi) is 30.4. The number of rotatable bonds is 36. The van der Waals surface area contributed by atoms with Crippen LogP contribution in [0.2, 0.25) is 0 Å². The van der Waals surface area contributed by atoms with Crippen LogP contribution in [0.5, 0.6) is 0 Å². The molecule has 0 aromatic rings. The summed E-state index contributed by atoms with van der Waals surface area (Å²) in [6.45, 7) is 2.57. The number of epoxide rings is 1. The fourth-order valence-electron chi connectivity index (χ4n) is 5.44. The molecule has 0 aromatic heterocycles. The van der Waals surface area contributed by atoms with Crippen LogP contribution in [0.4, 0.5) is 0 Å². The van der Waals surface area contributed by atoms with Crippen LogP contribution in [-0.4, -0.2) is 72.1 Å². The number of hydrogen-bond donors (Lipinski definition) is 3. The van der Waals surface area contributed by atoms with Crippen molar-refractivity contribution < 1.29 is 52.2 Å². The standard InChI is InChI=1S/C42H70NO11P/c1-3-5-7-9-11-13-15-17-19-21-23-25-27-31-40(44)50-33-36(34-51-55(48,49)52-35-37(43)42(46)47)53-41(45)32-28-30-39-38(54-39)29-26-24-22-20-18-16-14-12-10-8-6-4-2/h6,8,12,14,18,20,22,24,26,29,36-39H,3-5,7,9-11,13,15-17,19,21,23,25,27-28,30-35,43H2,1-2H3,(H,46,47)(H,48,49)/b8-6-,14-12-,20-18-,24-22+,29-26+. The van der Waals surface area contributed by atoms with Gasteiger partial charge in [-0.3, -0.25) is 23.4 Å². The Morgan fingerprint density at radius 1 is 0.709 bits per heavy atom. The van der Waals surface area contributed by atoms with Crippen molar-refractivity contribution in [1.29, 1.82) is 0 Å². The third-order valence-corrected chi connectivity index (χ3v) is 9.70. The van der Waals surface area contributed by atoms with Crippen LogP contribution in [0.3, 0.4) is 0 Å². The number of carboxylic acids is 1. The highest BCUT2D eigenvalue weighted by molar-refractivity contribution is 7.47. The minimum Gasteiger partial charge on any atom is -0.480 e. The van der Waals surface area contributed by atoms with E-state index in [0.29, 0.717) is 19.3 Å². The van der Waals surface area contributed by atoms with Gasteiger partial charge in [0.1, 0.15) is 18.8 Å². The van der Waals surface area contributed by atoms with E-state index in [9.17, 15) is 23.8 Å². The van der Waals surface area contributed by atoms with Gasteiger partial charge in [-0.1, -0.05) is 152 Å². The van der Waals surface area contributed by atoms with Gasteiger partial charge in [-0.05, 0) is 38.5 Å². The first-order valence-electron chi connectivity index (χ1n) is 20.5. The molecular formula is C42H70NO11P. The predicted molar refractivity (Wildman–Crippen MR) is 216 cm³/mol. The zero-order chi connectivity index (χ0) is 40.4. The summed E-state index contributed by atoms with van der Waals surface area (Å²) >= 11 is 0. The predicted octanol–water partition coefficient (Wildman–Crippen LogP) is 9.38. The maximum atomic E-state index is 12.7. The molecule has 55 heavy (non-hydrogen) atoms. The number of phosphoric acid groups is 1. The minimum absolute atomic E-state index is 0.000306. The zero-order valence-electron chi connectivity index (χ0n) is 33.4. The Hall–Kier alpha value is -2.86. The molecule has 1 aliphatic rings. The highest BCUT2D eigenvalue weighted by atomic mass is 31.2. The second-order valence-corrected chi connectivity index (χ2v) is 15.3. The van der Waals surface area contributed by atoms with E-state index in [1.807, 2.05) is 30.4 Å². The lowest BCUT2D eigenvalue weighted by atomic mass is 10.0. The lowest BCUT2D eigenvalue weighted by Gasteiger charge is -2.20. The molecule has 1 rings (SSSR count). The molecule has 0 amide bonds. The highest BCUT2D eigenvalue weighted by Gasteiger charge is 2.35. The minimum atomic E-state index is -4.74. The molecule has 5 atom stereocenters. The molecule has 0 saturated carbocycles. The Balaban J connectivity index is 2.40. The molecule has 12 nitrogen and oxygen atoms in total. The normalized spacial score (nSPS) is 18.1. The summed E-state index contributed by atoms with van der Waals surface area (Å²) in [5.41, 5.74) is 5.32. The van der Waals surface area contributed by atoms with E-state index < -0.39 is 51.1 Å². The maximum absolute atomic E-state index is 12.7. The van der Waals surface area contributed by atoms with Crippen molar-refractivity contribution in [1.82, 2.24) is 0 Å². The molecule has 13 heteroatoms. The quantitative estimate of drug-likeness (QED) is 0.0137. The molecule has 314 valence electrons. The molecule has 1 aliphatic heterocycles. The third kappa shape index (κ3) is 31.0. The molecule has 0 aliphatic carbocycles. The molecule has 1 heterocycles. The number of ether oxygens (including phenoxy) is 3. The van der Waals surface area contributed by atoms with Crippen LogP contribution in [0, 0.1) is 0 Å². The lowest BCUT2D eigenvalue weighted by Crippen LogP contribution is -2.34. The summed E-state index contributed by atoms with van der Waals surface area (Å²) in [5.74, 6) is -2.49. The van der Waals surface area contributed by atoms with E-state index in [1.165, 1.54) is 57.8 Å². The van der Waals surface area contributed by atoms with Crippen LogP contribution in [0.1, 0.15) is 142 Å². The highest BCUT2D eigenvalue weighted by Crippen LogP contribution is 2.43. The van der Waals surface area contributed by atoms with Gasteiger partial charge in [0.2, 0.25) is 0 Å². The van der Waals surface area contributed by atoms with Crippen LogP contribution in [-0.2, 0) is 42.2 Å². The van der Waals surface area contributed by atoms with Crippen LogP contribution < -0.4 is 5.73 Å². The fraction of sp³-hybridized carbons (Fsp3) is 0.690. The second-order valence-electron chi connectivity index (χ2n) is 13.8. The number of hydrogen-bond acceptors (Lipinski definition) is 10. The SMILES string of the molecule is CC/C=C\C/C=C\C\C=C/C=C/C=C/C1OC1CCCC(=O)OC(COC(=O)CCCCCCCCCCCCCCC)COP(=O)(O)OCC(N)C(=O)O. The van der Waals surface area contributed by atoms with Crippen molar-refractivity contribution in [2.45, 2.75) is 167 Å². The van der Waals surface area contributed by atoms with Gasteiger partial charge in [0, 0.05) is 12.8 Å². The number of carboxylic acid groups (broad SMARTS) is 1. The van der Waals surface area contributed by atoms with E-state index in [4.69, 9.17) is 29.6 Å². The summed E-state index contributed by atoms with van der Waals surface area (Å²) in [6, 6.07) is -1.54. The van der Waals surface area contributed by atoms with E-state index >= 15 is 0 Å². The Bertz CT molecular complexity index is 1230. The number of esters is 2. The van der Waals surface area contributed by atoms with Gasteiger partial charge < -0.3 is 29.9 Å². The largest absolute Gasteiger partial charge is 0.480 e. The number of carbonyl (C=O) groups is 3. The van der Waals surface area contributed by atoms with Crippen LogP contribution >= 0.6 is 7.82 Å². The molecular weight excluding hydrogens is 725 g/mol. The molecule has 1 fully saturated rings. The number of nitrogens with two attached hydrogens (primary N) is 1. The first-order chi connectivity index (χ1) is 26.6. The zero-order valence-corrected chi connectivity index (χ0v) is 34.3. The first-order valence-corrected chi connectivity index (χ1v) is 22.0. The average molecular weight is 796 g/mol. The number of phosphoric ester groups is 1. The van der Waals surface area contributed by atoms with E-state index in [0.717, 1.165) is 38.5 Å². The smallest absolute Gasteiger partial charge is 0.472 e. The summed E-state index contributed by atoms with van der Waals surface area (Å²) in [5, 5.41) is 8.88. The number of aliphatic carboxylic acids is 1. The van der Waals surface area contributed by atoms with E-state index in [2.05, 4.69) is 48.8 Å². The molecule has 5 unspecified atom stereocenters. The molecule has 0 bridgehead atoms. The topological polar surface area (TPSA) is 184 Å². The maximum Gasteiger partial charge on any atom is 0.472 e. The summed E-state index contributed by atoms with van der Waals surface area (Å²) < 4.78 is 38.3. The van der Waals surface area contributed by atoms with E-state index in [1.54, 1.807) is 0 Å². The van der Waals surface area contributed by atoms with Crippen molar-refractivity contribution in [2.75, 3.05) is 19.8 Å². The van der Waals surface area contributed by atoms with Crippen molar-refractivity contribution >= 4 is 25.7 Å². The number of carbonyl (C=O) groups excluding carboxylic acids is 2. The van der Waals surface area contributed by atoms with Gasteiger partial charge in [0.25, 0.3) is 0 Å². The van der Waals surface area contributed by atoms with Crippen molar-refractivity contribution in [3.63, 3.8) is 0 Å². The summed E-state index contributed by atoms with van der Waals surface area (Å²) in [7, 11) is -4.74. The molecule has 0 radical (unpaired) electrons. The Labute approximate surface area is 330 Å². The molecule has 1 saturated heterocycles. The van der Waals surface area contributed by atoms with Gasteiger partial charge in [-0.15, -0.1) is 0 Å². The Morgan fingerprint density at radius 3 is 1.91 bits per heavy atom. The molecule has 0 aromatic carbocycles. The van der Waals surface area contributed by atoms with Crippen molar-refractivity contribution in [2.24, 2.45) is 5.73 Å². The first kappa shape index (κ1) is 50.2. The van der Waals surface area contributed by atoms with Crippen LogP contribution in [0.15, 0.2) is 60.8 Å². The van der Waals surface area contributed by atoms with Gasteiger partial charge >= 0.3 is 25.7 Å². The van der Waals surface area contributed by atoms with Gasteiger partial charge in [0.15, 0.2) is 6.10 Å². The molecule has 0 spiro atoms. The van der Waals surface area contributed by atoms with Crippen molar-refractivity contribution in [3.8, 4) is 0 Å². The van der Waals surface area contributed by atoms with Crippen molar-refractivity contribution in [3.05, 3.63) is 60.8 Å². The fourth-order valence-corrected chi connectivity index (χ4v) is 6.22. The Morgan fingerprint density at radius 2 is 1.27 bits per heavy atom. The second kappa shape index (κ2) is 33.3. The average Bonchev–Trinajstić information content (AvgIpc) is 3.91. The summed E-state index contributed by atoms with van der Waals surface area (Å²) in [4.78, 5) is 46.0. The monoisotopic (exact) mass is 795 g/mol. The third-order valence-electron chi connectivity index (χ3n) is 8.75. The van der Waals surface area contributed by atoms with Gasteiger partial charge in [-0.25, -0.2) is 4.57 Å². The summed E-state index contributed by atoms with van der Waals surface area (Å²) in [6.07, 6.45) is 38.9. The number of allylic oxidation sites excluding steroid dienone is 9. The van der Waals surface area contributed by atoms with Crippen LogP contribution in [0.25, 0.3) is 0 Å². The number of unbranched alkanes of at least 4 members (excludes halogenated alkanes) is 12. The van der Waals surface area contributed by atoms with E-state index in [-0.39, 0.29) is 31.7 Å². The van der Waals surface area contributed by atoms with Gasteiger partial charge in [0.05, 0.1) is 19.3 Å². The lowest BCUT2D eigenvalue weighted by molar-refractivity contribution is -0.161. The van der Waals surface area contributed by atoms with Gasteiger partial charge in [-0.2, -0.15) is 0 Å².